The third-order valence-electron chi connectivity index (χ3n) is 4.46. The summed E-state index contributed by atoms with van der Waals surface area (Å²) in [5.41, 5.74) is 3.14. The van der Waals surface area contributed by atoms with E-state index in [2.05, 4.69) is 10.3 Å². The molecule has 1 amide bonds. The highest BCUT2D eigenvalue weighted by Gasteiger charge is 2.24. The first-order valence-corrected chi connectivity index (χ1v) is 10.2. The molecule has 0 aromatic heterocycles. The Morgan fingerprint density at radius 2 is 1.77 bits per heavy atom. The maximum atomic E-state index is 13.9. The SMILES string of the molecule is Cc1ccc(N=C2NC(=O)/C(=C/c3ccccc3OCc3ccccc3F)S2)cc1. The third-order valence-corrected chi connectivity index (χ3v) is 5.37. The van der Waals surface area contributed by atoms with E-state index in [-0.39, 0.29) is 18.3 Å². The zero-order valence-corrected chi connectivity index (χ0v) is 17.1. The van der Waals surface area contributed by atoms with Crippen LogP contribution in [0.1, 0.15) is 16.7 Å². The number of benzene rings is 3. The third kappa shape index (κ3) is 4.78. The lowest BCUT2D eigenvalue weighted by Gasteiger charge is -2.10. The minimum atomic E-state index is -0.309. The molecular formula is C24H19FN2O2S. The maximum Gasteiger partial charge on any atom is 0.264 e. The number of aliphatic imine (C=N–C) groups is 1. The minimum Gasteiger partial charge on any atom is -0.488 e. The number of nitrogens with zero attached hydrogens (tertiary/aromatic N) is 1. The van der Waals surface area contributed by atoms with Crippen LogP contribution in [0.25, 0.3) is 6.08 Å². The molecule has 1 aliphatic heterocycles. The van der Waals surface area contributed by atoms with Gasteiger partial charge in [0.2, 0.25) is 0 Å². The summed E-state index contributed by atoms with van der Waals surface area (Å²) in [5, 5.41) is 3.32. The van der Waals surface area contributed by atoms with Crippen LogP contribution in [0.4, 0.5) is 10.1 Å². The van der Waals surface area contributed by atoms with Crippen LogP contribution in [0.5, 0.6) is 5.75 Å². The number of carbonyl (C=O) groups is 1. The molecule has 0 atom stereocenters. The zero-order chi connectivity index (χ0) is 20.9. The van der Waals surface area contributed by atoms with Gasteiger partial charge in [0.1, 0.15) is 18.2 Å². The summed E-state index contributed by atoms with van der Waals surface area (Å²) in [6.07, 6.45) is 1.76. The molecule has 1 N–H and O–H groups in total. The van der Waals surface area contributed by atoms with Gasteiger partial charge < -0.3 is 10.1 Å². The zero-order valence-electron chi connectivity index (χ0n) is 16.3. The molecule has 0 aliphatic carbocycles. The van der Waals surface area contributed by atoms with Crippen molar-refractivity contribution in [2.24, 2.45) is 4.99 Å². The van der Waals surface area contributed by atoms with Crippen molar-refractivity contribution in [2.75, 3.05) is 0 Å². The molecule has 150 valence electrons. The van der Waals surface area contributed by atoms with Crippen LogP contribution >= 0.6 is 11.8 Å². The summed E-state index contributed by atoms with van der Waals surface area (Å²) in [5.74, 6) is 0.0522. The van der Waals surface area contributed by atoms with Crippen LogP contribution in [0, 0.1) is 12.7 Å². The fourth-order valence-electron chi connectivity index (χ4n) is 2.86. The van der Waals surface area contributed by atoms with Crippen molar-refractivity contribution >= 4 is 34.6 Å². The first-order valence-electron chi connectivity index (χ1n) is 9.40. The van der Waals surface area contributed by atoms with E-state index < -0.39 is 0 Å². The Hall–Kier alpha value is -3.38. The highest BCUT2D eigenvalue weighted by atomic mass is 32.2. The predicted molar refractivity (Wildman–Crippen MR) is 119 cm³/mol. The van der Waals surface area contributed by atoms with Crippen molar-refractivity contribution in [3.05, 3.63) is 100 Å². The number of amidine groups is 1. The molecule has 30 heavy (non-hydrogen) atoms. The number of hydrogen-bond donors (Lipinski definition) is 1. The standard InChI is InChI=1S/C24H19FN2O2S/c1-16-10-12-19(13-11-16)26-24-27-23(28)22(30-24)14-17-6-3-5-9-21(17)29-15-18-7-2-4-8-20(18)25/h2-14H,15H2,1H3,(H,26,27,28)/b22-14-. The molecular weight excluding hydrogens is 399 g/mol. The van der Waals surface area contributed by atoms with Gasteiger partial charge in [0.05, 0.1) is 10.6 Å². The topological polar surface area (TPSA) is 50.7 Å². The van der Waals surface area contributed by atoms with Crippen molar-refractivity contribution in [3.8, 4) is 5.75 Å². The van der Waals surface area contributed by atoms with Crippen molar-refractivity contribution < 1.29 is 13.9 Å². The van der Waals surface area contributed by atoms with Gasteiger partial charge in [-0.1, -0.05) is 54.1 Å². The van der Waals surface area contributed by atoms with Gasteiger partial charge in [0, 0.05) is 11.1 Å². The number of rotatable bonds is 5. The molecule has 3 aromatic carbocycles. The fraction of sp³-hybridized carbons (Fsp3) is 0.0833. The van der Waals surface area contributed by atoms with Crippen LogP contribution in [0.15, 0.2) is 82.7 Å². The van der Waals surface area contributed by atoms with Gasteiger partial charge in [0.15, 0.2) is 5.17 Å². The number of halogens is 1. The van der Waals surface area contributed by atoms with E-state index in [9.17, 15) is 9.18 Å². The Morgan fingerprint density at radius 3 is 2.57 bits per heavy atom. The van der Waals surface area contributed by atoms with Crippen LogP contribution in [0.2, 0.25) is 0 Å². The van der Waals surface area contributed by atoms with Gasteiger partial charge in [-0.25, -0.2) is 9.38 Å². The Bertz CT molecular complexity index is 1140. The molecule has 0 bridgehead atoms. The summed E-state index contributed by atoms with van der Waals surface area (Å²) >= 11 is 1.27. The average molecular weight is 418 g/mol. The Balaban J connectivity index is 1.52. The van der Waals surface area contributed by atoms with Crippen LogP contribution in [-0.4, -0.2) is 11.1 Å². The van der Waals surface area contributed by atoms with Crippen molar-refractivity contribution in [3.63, 3.8) is 0 Å². The first-order chi connectivity index (χ1) is 14.6. The smallest absolute Gasteiger partial charge is 0.264 e. The lowest BCUT2D eigenvalue weighted by atomic mass is 10.1. The number of nitrogens with one attached hydrogen (secondary N) is 1. The average Bonchev–Trinajstić information content (AvgIpc) is 3.09. The molecule has 4 nitrogen and oxygen atoms in total. The number of aryl methyl sites for hydroxylation is 1. The molecule has 1 fully saturated rings. The van der Waals surface area contributed by atoms with E-state index in [0.717, 1.165) is 16.8 Å². The van der Waals surface area contributed by atoms with Crippen molar-refractivity contribution in [2.45, 2.75) is 13.5 Å². The normalized spacial score (nSPS) is 16.1. The minimum absolute atomic E-state index is 0.104. The molecule has 0 saturated carbocycles. The van der Waals surface area contributed by atoms with E-state index in [1.165, 1.54) is 17.8 Å². The molecule has 6 heteroatoms. The highest BCUT2D eigenvalue weighted by molar-refractivity contribution is 8.18. The summed E-state index contributed by atoms with van der Waals surface area (Å²) < 4.78 is 19.7. The second-order valence-electron chi connectivity index (χ2n) is 6.74. The predicted octanol–water partition coefficient (Wildman–Crippen LogP) is 5.60. The van der Waals surface area contributed by atoms with E-state index in [0.29, 0.717) is 21.4 Å². The molecule has 1 saturated heterocycles. The van der Waals surface area contributed by atoms with Crippen LogP contribution < -0.4 is 10.1 Å². The van der Waals surface area contributed by atoms with Crippen molar-refractivity contribution in [1.29, 1.82) is 0 Å². The number of carbonyl (C=O) groups excluding carboxylic acids is 1. The Kier molecular flexibility index (Phi) is 5.95. The number of thioether (sulfide) groups is 1. The van der Waals surface area contributed by atoms with Crippen LogP contribution in [0.3, 0.4) is 0 Å². The lowest BCUT2D eigenvalue weighted by molar-refractivity contribution is -0.115. The second-order valence-corrected chi connectivity index (χ2v) is 7.77. The monoisotopic (exact) mass is 418 g/mol. The van der Waals surface area contributed by atoms with Crippen LogP contribution in [-0.2, 0) is 11.4 Å². The number of para-hydroxylation sites is 1. The molecule has 0 unspecified atom stereocenters. The van der Waals surface area contributed by atoms with Gasteiger partial charge in [-0.05, 0) is 49.0 Å². The molecule has 1 aliphatic rings. The molecule has 1 heterocycles. The van der Waals surface area contributed by atoms with Gasteiger partial charge >= 0.3 is 0 Å². The first kappa shape index (κ1) is 19.9. The quantitative estimate of drug-likeness (QED) is 0.549. The highest BCUT2D eigenvalue weighted by Crippen LogP contribution is 2.31. The van der Waals surface area contributed by atoms with E-state index in [1.54, 1.807) is 30.3 Å². The maximum absolute atomic E-state index is 13.9. The summed E-state index contributed by atoms with van der Waals surface area (Å²) in [6, 6.07) is 21.6. The van der Waals surface area contributed by atoms with E-state index >= 15 is 0 Å². The summed E-state index contributed by atoms with van der Waals surface area (Å²) in [4.78, 5) is 17.4. The van der Waals surface area contributed by atoms with Crippen molar-refractivity contribution in [1.82, 2.24) is 5.32 Å². The molecule has 3 aromatic rings. The summed E-state index contributed by atoms with van der Waals surface area (Å²) in [7, 11) is 0. The number of amides is 1. The fourth-order valence-corrected chi connectivity index (χ4v) is 3.69. The second kappa shape index (κ2) is 8.97. The Morgan fingerprint density at radius 1 is 1.03 bits per heavy atom. The molecule has 0 radical (unpaired) electrons. The lowest BCUT2D eigenvalue weighted by Crippen LogP contribution is -2.19. The van der Waals surface area contributed by atoms with Gasteiger partial charge in [-0.15, -0.1) is 0 Å². The number of hydrogen-bond acceptors (Lipinski definition) is 4. The van der Waals surface area contributed by atoms with E-state index in [4.69, 9.17) is 4.74 Å². The molecule has 0 spiro atoms. The van der Waals surface area contributed by atoms with E-state index in [1.807, 2.05) is 49.4 Å². The van der Waals surface area contributed by atoms with Gasteiger partial charge in [-0.2, -0.15) is 0 Å². The van der Waals surface area contributed by atoms with Gasteiger partial charge in [-0.3, -0.25) is 4.79 Å². The summed E-state index contributed by atoms with van der Waals surface area (Å²) in [6.45, 7) is 2.11. The number of ether oxygens (including phenoxy) is 1. The Labute approximate surface area is 178 Å². The molecule has 4 rings (SSSR count). The largest absolute Gasteiger partial charge is 0.488 e. The van der Waals surface area contributed by atoms with Gasteiger partial charge in [0.25, 0.3) is 5.91 Å².